The fourth-order valence-electron chi connectivity index (χ4n) is 2.89. The van der Waals surface area contributed by atoms with Crippen LogP contribution < -0.4 is 10.1 Å². The standard InChI is InChI=1S/C20H20N4O3/c1-12(22-19(25)15-5-3-4-6-17(15)26-2)20-23-18(24-27-20)14-9-10-21-16(11-14)13-7-8-13/h3-6,9-13H,7-8H2,1-2H3,(H,22,25)/t12-/m0/s1. The lowest BCUT2D eigenvalue weighted by Gasteiger charge is -2.12. The second kappa shape index (κ2) is 7.19. The van der Waals surface area contributed by atoms with Gasteiger partial charge in [0.25, 0.3) is 5.91 Å². The number of benzene rings is 1. The molecule has 7 heteroatoms. The average molecular weight is 364 g/mol. The van der Waals surface area contributed by atoms with Crippen molar-refractivity contribution >= 4 is 5.91 Å². The molecule has 7 nitrogen and oxygen atoms in total. The van der Waals surface area contributed by atoms with Gasteiger partial charge in [0.1, 0.15) is 11.8 Å². The van der Waals surface area contributed by atoms with Gasteiger partial charge in [0.2, 0.25) is 11.7 Å². The Labute approximate surface area is 156 Å². The van der Waals surface area contributed by atoms with Gasteiger partial charge in [0.15, 0.2) is 0 Å². The van der Waals surface area contributed by atoms with Crippen molar-refractivity contribution in [2.24, 2.45) is 0 Å². The number of carbonyl (C=O) groups excluding carboxylic acids is 1. The first-order chi connectivity index (χ1) is 13.2. The van der Waals surface area contributed by atoms with Crippen molar-refractivity contribution in [3.05, 3.63) is 59.7 Å². The van der Waals surface area contributed by atoms with Crippen LogP contribution in [0.4, 0.5) is 0 Å². The van der Waals surface area contributed by atoms with E-state index in [1.807, 2.05) is 18.2 Å². The molecule has 4 rings (SSSR count). The highest BCUT2D eigenvalue weighted by atomic mass is 16.5. The lowest BCUT2D eigenvalue weighted by molar-refractivity contribution is 0.0929. The van der Waals surface area contributed by atoms with Crippen molar-refractivity contribution in [3.63, 3.8) is 0 Å². The van der Waals surface area contributed by atoms with Crippen molar-refractivity contribution in [3.8, 4) is 17.1 Å². The van der Waals surface area contributed by atoms with E-state index in [4.69, 9.17) is 9.26 Å². The fourth-order valence-corrected chi connectivity index (χ4v) is 2.89. The van der Waals surface area contributed by atoms with Gasteiger partial charge in [-0.2, -0.15) is 4.98 Å². The maximum atomic E-state index is 12.5. The molecular weight excluding hydrogens is 344 g/mol. The number of hydrogen-bond donors (Lipinski definition) is 1. The molecule has 0 unspecified atom stereocenters. The van der Waals surface area contributed by atoms with Gasteiger partial charge in [-0.15, -0.1) is 0 Å². The van der Waals surface area contributed by atoms with Gasteiger partial charge in [-0.1, -0.05) is 17.3 Å². The number of pyridine rings is 1. The third-order valence-electron chi connectivity index (χ3n) is 4.55. The second-order valence-corrected chi connectivity index (χ2v) is 6.60. The Balaban J connectivity index is 1.49. The minimum atomic E-state index is -0.437. The SMILES string of the molecule is COc1ccccc1C(=O)N[C@@H](C)c1nc(-c2ccnc(C3CC3)c2)no1. The van der Waals surface area contributed by atoms with Crippen LogP contribution in [0.2, 0.25) is 0 Å². The summed E-state index contributed by atoms with van der Waals surface area (Å²) in [6, 6.07) is 10.5. The first-order valence-electron chi connectivity index (χ1n) is 8.89. The summed E-state index contributed by atoms with van der Waals surface area (Å²) < 4.78 is 10.6. The summed E-state index contributed by atoms with van der Waals surface area (Å²) in [6.07, 6.45) is 4.13. The highest BCUT2D eigenvalue weighted by Crippen LogP contribution is 2.39. The van der Waals surface area contributed by atoms with Gasteiger partial charge in [-0.3, -0.25) is 9.78 Å². The van der Waals surface area contributed by atoms with Crippen LogP contribution in [0.25, 0.3) is 11.4 Å². The van der Waals surface area contributed by atoms with E-state index in [-0.39, 0.29) is 5.91 Å². The molecule has 1 fully saturated rings. The molecule has 1 saturated carbocycles. The molecule has 138 valence electrons. The highest BCUT2D eigenvalue weighted by molar-refractivity contribution is 5.97. The average Bonchev–Trinajstić information content (AvgIpc) is 3.44. The summed E-state index contributed by atoms with van der Waals surface area (Å²) in [5, 5.41) is 6.92. The molecule has 3 aromatic rings. The Kier molecular flexibility index (Phi) is 4.58. The number of amides is 1. The molecule has 0 radical (unpaired) electrons. The first kappa shape index (κ1) is 17.2. The van der Waals surface area contributed by atoms with E-state index in [9.17, 15) is 4.79 Å². The zero-order chi connectivity index (χ0) is 18.8. The molecular formula is C20H20N4O3. The number of ether oxygens (including phenoxy) is 1. The van der Waals surface area contributed by atoms with Crippen LogP contribution in [-0.2, 0) is 0 Å². The summed E-state index contributed by atoms with van der Waals surface area (Å²) in [7, 11) is 1.53. The number of para-hydroxylation sites is 1. The minimum absolute atomic E-state index is 0.264. The van der Waals surface area contributed by atoms with E-state index < -0.39 is 6.04 Å². The second-order valence-electron chi connectivity index (χ2n) is 6.60. The van der Waals surface area contributed by atoms with Crippen LogP contribution in [0.5, 0.6) is 5.75 Å². The Hall–Kier alpha value is -3.22. The quantitative estimate of drug-likeness (QED) is 0.720. The lowest BCUT2D eigenvalue weighted by atomic mass is 10.1. The predicted octanol–water partition coefficient (Wildman–Crippen LogP) is 3.51. The number of carbonyl (C=O) groups is 1. The highest BCUT2D eigenvalue weighted by Gasteiger charge is 2.26. The van der Waals surface area contributed by atoms with E-state index in [2.05, 4.69) is 20.4 Å². The fraction of sp³-hybridized carbons (Fsp3) is 0.300. The van der Waals surface area contributed by atoms with Crippen LogP contribution in [0.15, 0.2) is 47.1 Å². The maximum Gasteiger partial charge on any atom is 0.255 e. The lowest BCUT2D eigenvalue weighted by Crippen LogP contribution is -2.27. The molecule has 1 amide bonds. The number of aromatic nitrogens is 3. The monoisotopic (exact) mass is 364 g/mol. The van der Waals surface area contributed by atoms with E-state index >= 15 is 0 Å². The number of methoxy groups -OCH3 is 1. The van der Waals surface area contributed by atoms with Gasteiger partial charge < -0.3 is 14.6 Å². The molecule has 2 aromatic heterocycles. The molecule has 1 aliphatic rings. The summed E-state index contributed by atoms with van der Waals surface area (Å²) in [4.78, 5) is 21.4. The van der Waals surface area contributed by atoms with Crippen molar-refractivity contribution in [1.29, 1.82) is 0 Å². The summed E-state index contributed by atoms with van der Waals surface area (Å²) >= 11 is 0. The number of rotatable bonds is 6. The molecule has 0 saturated heterocycles. The number of hydrogen-bond acceptors (Lipinski definition) is 6. The van der Waals surface area contributed by atoms with Gasteiger partial charge >= 0.3 is 0 Å². The van der Waals surface area contributed by atoms with Crippen molar-refractivity contribution in [2.75, 3.05) is 7.11 Å². The Morgan fingerprint density at radius 3 is 2.89 bits per heavy atom. The number of nitrogens with one attached hydrogen (secondary N) is 1. The Bertz CT molecular complexity index is 965. The van der Waals surface area contributed by atoms with Crippen LogP contribution >= 0.6 is 0 Å². The molecule has 1 aliphatic carbocycles. The zero-order valence-corrected chi connectivity index (χ0v) is 15.2. The van der Waals surface area contributed by atoms with E-state index in [0.29, 0.717) is 28.9 Å². The van der Waals surface area contributed by atoms with E-state index in [0.717, 1.165) is 11.3 Å². The molecule has 27 heavy (non-hydrogen) atoms. The van der Waals surface area contributed by atoms with Crippen molar-refractivity contribution in [1.82, 2.24) is 20.4 Å². The van der Waals surface area contributed by atoms with Crippen molar-refractivity contribution in [2.45, 2.75) is 31.7 Å². The van der Waals surface area contributed by atoms with Gasteiger partial charge in [0, 0.05) is 23.4 Å². The smallest absolute Gasteiger partial charge is 0.255 e. The molecule has 1 N–H and O–H groups in total. The number of nitrogens with zero attached hydrogens (tertiary/aromatic N) is 3. The summed E-state index contributed by atoms with van der Waals surface area (Å²) in [5.74, 6) is 1.64. The first-order valence-corrected chi connectivity index (χ1v) is 8.89. The van der Waals surface area contributed by atoms with Crippen LogP contribution in [0.3, 0.4) is 0 Å². The topological polar surface area (TPSA) is 90.1 Å². The minimum Gasteiger partial charge on any atom is -0.496 e. The van der Waals surface area contributed by atoms with E-state index in [1.54, 1.807) is 31.3 Å². The molecule has 0 spiro atoms. The molecule has 1 atom stereocenters. The Morgan fingerprint density at radius 2 is 2.11 bits per heavy atom. The van der Waals surface area contributed by atoms with Crippen LogP contribution in [-0.4, -0.2) is 28.1 Å². The largest absolute Gasteiger partial charge is 0.496 e. The van der Waals surface area contributed by atoms with Crippen LogP contribution in [0.1, 0.15) is 53.7 Å². The third-order valence-corrected chi connectivity index (χ3v) is 4.55. The molecule has 2 heterocycles. The zero-order valence-electron chi connectivity index (χ0n) is 15.2. The predicted molar refractivity (Wildman–Crippen MR) is 98.4 cm³/mol. The van der Waals surface area contributed by atoms with Crippen LogP contribution in [0, 0.1) is 0 Å². The van der Waals surface area contributed by atoms with Crippen molar-refractivity contribution < 1.29 is 14.1 Å². The summed E-state index contributed by atoms with van der Waals surface area (Å²) in [6.45, 7) is 1.80. The molecule has 0 aliphatic heterocycles. The molecule has 1 aromatic carbocycles. The van der Waals surface area contributed by atoms with Gasteiger partial charge in [0.05, 0.1) is 12.7 Å². The Morgan fingerprint density at radius 1 is 1.30 bits per heavy atom. The molecule has 0 bridgehead atoms. The van der Waals surface area contributed by atoms with E-state index in [1.165, 1.54) is 20.0 Å². The summed E-state index contributed by atoms with van der Waals surface area (Å²) in [5.41, 5.74) is 2.39. The van der Waals surface area contributed by atoms with Gasteiger partial charge in [-0.25, -0.2) is 0 Å². The maximum absolute atomic E-state index is 12.5. The van der Waals surface area contributed by atoms with Gasteiger partial charge in [-0.05, 0) is 44.0 Å². The third kappa shape index (κ3) is 3.67. The normalized spacial score (nSPS) is 14.6.